The number of piperidine rings is 1. The van der Waals surface area contributed by atoms with Crippen molar-refractivity contribution in [2.75, 3.05) is 20.2 Å². The Labute approximate surface area is 194 Å². The maximum absolute atomic E-state index is 13.8. The van der Waals surface area contributed by atoms with Crippen LogP contribution in [-0.2, 0) is 16.0 Å². The first-order chi connectivity index (χ1) is 16.0. The molecular formula is C26H31FN2O4. The van der Waals surface area contributed by atoms with Crippen molar-refractivity contribution in [3.63, 3.8) is 0 Å². The van der Waals surface area contributed by atoms with Crippen LogP contribution in [0.1, 0.15) is 44.1 Å². The first-order valence-electron chi connectivity index (χ1n) is 11.6. The van der Waals surface area contributed by atoms with Crippen LogP contribution >= 0.6 is 0 Å². The summed E-state index contributed by atoms with van der Waals surface area (Å²) in [6.45, 7) is 1.19. The minimum absolute atomic E-state index is 0.0436. The fraction of sp³-hybridized carbons (Fsp3) is 0.462. The summed E-state index contributed by atoms with van der Waals surface area (Å²) in [7, 11) is 1.63. The van der Waals surface area contributed by atoms with Crippen LogP contribution in [0.3, 0.4) is 0 Å². The molecule has 1 N–H and O–H groups in total. The molecule has 7 heteroatoms. The molecule has 176 valence electrons. The van der Waals surface area contributed by atoms with Gasteiger partial charge in [0.25, 0.3) is 0 Å². The Balaban J connectivity index is 1.30. The van der Waals surface area contributed by atoms with Crippen LogP contribution in [0.2, 0.25) is 0 Å². The first kappa shape index (κ1) is 23.1. The number of para-hydroxylation sites is 1. The van der Waals surface area contributed by atoms with Crippen molar-refractivity contribution < 1.29 is 23.5 Å². The van der Waals surface area contributed by atoms with Gasteiger partial charge in [0.05, 0.1) is 7.11 Å². The zero-order valence-corrected chi connectivity index (χ0v) is 19.0. The van der Waals surface area contributed by atoms with E-state index in [2.05, 4.69) is 5.32 Å². The van der Waals surface area contributed by atoms with Crippen molar-refractivity contribution in [3.8, 4) is 11.5 Å². The van der Waals surface area contributed by atoms with Gasteiger partial charge < -0.3 is 19.7 Å². The van der Waals surface area contributed by atoms with Crippen LogP contribution in [0.25, 0.3) is 0 Å². The average Bonchev–Trinajstić information content (AvgIpc) is 3.20. The van der Waals surface area contributed by atoms with Gasteiger partial charge in [-0.15, -0.1) is 0 Å². The SMILES string of the molecule is COc1ccc(C[C@]2(CCC(=O)N3CCC(Oc4ccccc4F)CC3)CCC(=O)N2)cc1. The highest BCUT2D eigenvalue weighted by Crippen LogP contribution is 2.31. The second-order valence-electron chi connectivity index (χ2n) is 8.98. The molecule has 33 heavy (non-hydrogen) atoms. The zero-order chi connectivity index (χ0) is 23.3. The normalized spacial score (nSPS) is 21.0. The molecule has 2 heterocycles. The fourth-order valence-electron chi connectivity index (χ4n) is 4.76. The minimum Gasteiger partial charge on any atom is -0.497 e. The lowest BCUT2D eigenvalue weighted by molar-refractivity contribution is -0.133. The van der Waals surface area contributed by atoms with Crippen LogP contribution in [-0.4, -0.2) is 48.6 Å². The van der Waals surface area contributed by atoms with E-state index in [9.17, 15) is 14.0 Å². The Hall–Kier alpha value is -3.09. The standard InChI is InChI=1S/C26H31FN2O4/c1-32-20-8-6-19(7-9-20)18-26(14-10-24(30)28-26)15-11-25(31)29-16-12-21(13-17-29)33-23-5-3-2-4-22(23)27/h2-9,21H,10-18H2,1H3,(H,28,30)/t26-/m1/s1. The molecule has 2 fully saturated rings. The second-order valence-corrected chi connectivity index (χ2v) is 8.98. The molecule has 2 aromatic rings. The Morgan fingerprint density at radius 3 is 2.52 bits per heavy atom. The number of nitrogens with zero attached hydrogens (tertiary/aromatic N) is 1. The molecule has 0 spiro atoms. The molecular weight excluding hydrogens is 423 g/mol. The summed E-state index contributed by atoms with van der Waals surface area (Å²) in [4.78, 5) is 26.8. The summed E-state index contributed by atoms with van der Waals surface area (Å²) >= 11 is 0. The van der Waals surface area contributed by atoms with Crippen molar-refractivity contribution in [2.24, 2.45) is 0 Å². The Morgan fingerprint density at radius 1 is 1.15 bits per heavy atom. The van der Waals surface area contributed by atoms with Gasteiger partial charge in [-0.25, -0.2) is 4.39 Å². The summed E-state index contributed by atoms with van der Waals surface area (Å²) in [6.07, 6.45) is 4.15. The summed E-state index contributed by atoms with van der Waals surface area (Å²) in [6, 6.07) is 14.2. The van der Waals surface area contributed by atoms with E-state index in [-0.39, 0.29) is 29.5 Å². The van der Waals surface area contributed by atoms with Crippen LogP contribution in [0.5, 0.6) is 11.5 Å². The summed E-state index contributed by atoms with van der Waals surface area (Å²) in [5.41, 5.74) is 0.713. The third kappa shape index (κ3) is 5.83. The summed E-state index contributed by atoms with van der Waals surface area (Å²) in [5.74, 6) is 0.828. The molecule has 0 radical (unpaired) electrons. The first-order valence-corrected chi connectivity index (χ1v) is 11.6. The van der Waals surface area contributed by atoms with Crippen LogP contribution in [0.15, 0.2) is 48.5 Å². The third-order valence-corrected chi connectivity index (χ3v) is 6.68. The molecule has 0 aromatic heterocycles. The van der Waals surface area contributed by atoms with E-state index in [1.54, 1.807) is 25.3 Å². The number of benzene rings is 2. The molecule has 0 unspecified atom stereocenters. The number of likely N-dealkylation sites (tertiary alicyclic amines) is 1. The van der Waals surface area contributed by atoms with E-state index in [1.165, 1.54) is 6.07 Å². The molecule has 6 nitrogen and oxygen atoms in total. The smallest absolute Gasteiger partial charge is 0.222 e. The van der Waals surface area contributed by atoms with E-state index in [4.69, 9.17) is 9.47 Å². The predicted octanol–water partition coefficient (Wildman–Crippen LogP) is 3.88. The Bertz CT molecular complexity index is 973. The number of carbonyl (C=O) groups is 2. The monoisotopic (exact) mass is 454 g/mol. The molecule has 0 bridgehead atoms. The zero-order valence-electron chi connectivity index (χ0n) is 19.0. The molecule has 1 atom stereocenters. The van der Waals surface area contributed by atoms with Crippen LogP contribution in [0, 0.1) is 5.82 Å². The van der Waals surface area contributed by atoms with Crippen molar-refractivity contribution in [2.45, 2.75) is 56.6 Å². The topological polar surface area (TPSA) is 67.9 Å². The van der Waals surface area contributed by atoms with Gasteiger partial charge in [0.2, 0.25) is 11.8 Å². The number of hydrogen-bond donors (Lipinski definition) is 1. The van der Waals surface area contributed by atoms with Crippen molar-refractivity contribution in [1.29, 1.82) is 0 Å². The minimum atomic E-state index is -0.395. The summed E-state index contributed by atoms with van der Waals surface area (Å²) < 4.78 is 24.9. The van der Waals surface area contributed by atoms with Gasteiger partial charge in [0.15, 0.2) is 11.6 Å². The molecule has 0 saturated carbocycles. The van der Waals surface area contributed by atoms with E-state index < -0.39 is 5.54 Å². The Morgan fingerprint density at radius 2 is 1.88 bits per heavy atom. The van der Waals surface area contributed by atoms with Gasteiger partial charge in [-0.05, 0) is 49.1 Å². The van der Waals surface area contributed by atoms with E-state index >= 15 is 0 Å². The molecule has 2 saturated heterocycles. The highest BCUT2D eigenvalue weighted by atomic mass is 19.1. The quantitative estimate of drug-likeness (QED) is 0.658. The maximum Gasteiger partial charge on any atom is 0.222 e. The molecule has 2 aromatic carbocycles. The van der Waals surface area contributed by atoms with Crippen LogP contribution in [0.4, 0.5) is 4.39 Å². The third-order valence-electron chi connectivity index (χ3n) is 6.68. The van der Waals surface area contributed by atoms with Crippen LogP contribution < -0.4 is 14.8 Å². The van der Waals surface area contributed by atoms with E-state index in [1.807, 2.05) is 29.2 Å². The van der Waals surface area contributed by atoms with Gasteiger partial charge in [-0.1, -0.05) is 24.3 Å². The highest BCUT2D eigenvalue weighted by molar-refractivity contribution is 5.80. The number of carbonyl (C=O) groups excluding carboxylic acids is 2. The lowest BCUT2D eigenvalue weighted by Crippen LogP contribution is -2.46. The number of halogens is 1. The number of hydrogen-bond acceptors (Lipinski definition) is 4. The summed E-state index contributed by atoms with van der Waals surface area (Å²) in [5, 5.41) is 3.15. The number of amides is 2. The van der Waals surface area contributed by atoms with Gasteiger partial charge in [-0.2, -0.15) is 0 Å². The molecule has 4 rings (SSSR count). The highest BCUT2D eigenvalue weighted by Gasteiger charge is 2.38. The molecule has 2 amide bonds. The Kier molecular flexibility index (Phi) is 7.16. The largest absolute Gasteiger partial charge is 0.497 e. The van der Waals surface area contributed by atoms with Gasteiger partial charge in [-0.3, -0.25) is 9.59 Å². The van der Waals surface area contributed by atoms with Crippen molar-refractivity contribution >= 4 is 11.8 Å². The number of rotatable bonds is 8. The number of ether oxygens (including phenoxy) is 2. The second kappa shape index (κ2) is 10.2. The molecule has 0 aliphatic carbocycles. The molecule has 2 aliphatic heterocycles. The fourth-order valence-corrected chi connectivity index (χ4v) is 4.76. The average molecular weight is 455 g/mol. The number of methoxy groups -OCH3 is 1. The van der Waals surface area contributed by atoms with Crippen molar-refractivity contribution in [1.82, 2.24) is 10.2 Å². The van der Waals surface area contributed by atoms with Gasteiger partial charge in [0, 0.05) is 44.3 Å². The maximum atomic E-state index is 13.8. The van der Waals surface area contributed by atoms with E-state index in [0.29, 0.717) is 51.6 Å². The molecule has 2 aliphatic rings. The van der Waals surface area contributed by atoms with E-state index in [0.717, 1.165) is 17.7 Å². The lowest BCUT2D eigenvalue weighted by Gasteiger charge is -2.34. The lowest BCUT2D eigenvalue weighted by atomic mass is 9.84. The van der Waals surface area contributed by atoms with Crippen molar-refractivity contribution in [3.05, 3.63) is 59.9 Å². The van der Waals surface area contributed by atoms with Gasteiger partial charge >= 0.3 is 0 Å². The predicted molar refractivity (Wildman–Crippen MR) is 123 cm³/mol. The number of nitrogens with one attached hydrogen (secondary N) is 1. The van der Waals surface area contributed by atoms with Gasteiger partial charge in [0.1, 0.15) is 11.9 Å².